The molecule has 0 aromatic rings. The highest BCUT2D eigenvalue weighted by Crippen LogP contribution is 2.24. The van der Waals surface area contributed by atoms with Gasteiger partial charge < -0.3 is 14.2 Å². The van der Waals surface area contributed by atoms with Crippen LogP contribution in [-0.4, -0.2) is 39.6 Å². The van der Waals surface area contributed by atoms with Gasteiger partial charge in [-0.25, -0.2) is 0 Å². The van der Waals surface area contributed by atoms with Gasteiger partial charge in [0.25, 0.3) is 0 Å². The molecule has 0 amide bonds. The molecular formula is C9H18O3. The van der Waals surface area contributed by atoms with Crippen LogP contribution in [0.4, 0.5) is 0 Å². The monoisotopic (exact) mass is 174 g/mol. The zero-order valence-corrected chi connectivity index (χ0v) is 8.08. The van der Waals surface area contributed by atoms with Gasteiger partial charge in [-0.1, -0.05) is 0 Å². The average Bonchev–Trinajstić information content (AvgIpc) is 2.16. The molecule has 0 N–H and O–H groups in total. The van der Waals surface area contributed by atoms with E-state index in [2.05, 4.69) is 0 Å². The van der Waals surface area contributed by atoms with Crippen molar-refractivity contribution in [1.29, 1.82) is 0 Å². The van der Waals surface area contributed by atoms with Crippen molar-refractivity contribution in [1.82, 2.24) is 0 Å². The predicted molar refractivity (Wildman–Crippen MR) is 46.2 cm³/mol. The summed E-state index contributed by atoms with van der Waals surface area (Å²) in [6, 6.07) is 0. The predicted octanol–water partition coefficient (Wildman–Crippen LogP) is 1.22. The topological polar surface area (TPSA) is 27.7 Å². The van der Waals surface area contributed by atoms with E-state index in [1.807, 2.05) is 0 Å². The second kappa shape index (κ2) is 4.80. The van der Waals surface area contributed by atoms with Crippen molar-refractivity contribution < 1.29 is 14.2 Å². The molecule has 1 saturated carbocycles. The third-order valence-electron chi connectivity index (χ3n) is 2.62. The summed E-state index contributed by atoms with van der Waals surface area (Å²) in [6.07, 6.45) is 3.87. The summed E-state index contributed by atoms with van der Waals surface area (Å²) in [5, 5.41) is 0. The Morgan fingerprint density at radius 2 is 1.50 bits per heavy atom. The van der Waals surface area contributed by atoms with E-state index in [4.69, 9.17) is 14.2 Å². The maximum atomic E-state index is 5.32. The molecule has 1 aliphatic rings. The average molecular weight is 174 g/mol. The lowest BCUT2D eigenvalue weighted by Crippen LogP contribution is -2.39. The number of ether oxygens (including phenoxy) is 3. The maximum absolute atomic E-state index is 5.32. The Morgan fingerprint density at radius 1 is 0.833 bits per heavy atom. The minimum atomic E-state index is 0.202. The largest absolute Gasteiger partial charge is 0.381 e. The molecule has 0 radical (unpaired) electrons. The minimum Gasteiger partial charge on any atom is -0.381 e. The molecule has 0 saturated heterocycles. The standard InChI is InChI=1S/C9H18O3/c1-10-7-4-5-8(11-2)9(6-7)12-3/h7-9H,4-6H2,1-3H3. The zero-order chi connectivity index (χ0) is 8.97. The lowest BCUT2D eigenvalue weighted by Gasteiger charge is -2.33. The quantitative estimate of drug-likeness (QED) is 0.643. The second-order valence-electron chi connectivity index (χ2n) is 3.22. The van der Waals surface area contributed by atoms with E-state index in [1.165, 1.54) is 0 Å². The molecule has 0 bridgehead atoms. The summed E-state index contributed by atoms with van der Waals surface area (Å²) >= 11 is 0. The molecule has 0 spiro atoms. The molecule has 1 fully saturated rings. The molecule has 0 aromatic carbocycles. The number of rotatable bonds is 3. The molecule has 0 heterocycles. The van der Waals surface area contributed by atoms with Crippen molar-refractivity contribution in [3.63, 3.8) is 0 Å². The highest BCUT2D eigenvalue weighted by atomic mass is 16.5. The highest BCUT2D eigenvalue weighted by molar-refractivity contribution is 4.81. The van der Waals surface area contributed by atoms with Crippen molar-refractivity contribution >= 4 is 0 Å². The number of hydrogen-bond donors (Lipinski definition) is 0. The first-order chi connectivity index (χ1) is 5.81. The van der Waals surface area contributed by atoms with Crippen molar-refractivity contribution in [3.8, 4) is 0 Å². The minimum absolute atomic E-state index is 0.202. The maximum Gasteiger partial charge on any atom is 0.0857 e. The van der Waals surface area contributed by atoms with Gasteiger partial charge >= 0.3 is 0 Å². The van der Waals surface area contributed by atoms with Crippen LogP contribution in [0.5, 0.6) is 0 Å². The zero-order valence-electron chi connectivity index (χ0n) is 8.08. The van der Waals surface area contributed by atoms with Crippen LogP contribution in [0, 0.1) is 0 Å². The first-order valence-electron chi connectivity index (χ1n) is 4.40. The molecule has 1 rings (SSSR count). The van der Waals surface area contributed by atoms with Gasteiger partial charge in [0.1, 0.15) is 0 Å². The van der Waals surface area contributed by atoms with Crippen molar-refractivity contribution in [2.75, 3.05) is 21.3 Å². The summed E-state index contributed by atoms with van der Waals surface area (Å²) in [7, 11) is 5.23. The lowest BCUT2D eigenvalue weighted by atomic mass is 9.92. The lowest BCUT2D eigenvalue weighted by molar-refractivity contribution is -0.0937. The van der Waals surface area contributed by atoms with Crippen LogP contribution in [-0.2, 0) is 14.2 Å². The fraction of sp³-hybridized carbons (Fsp3) is 1.00. The van der Waals surface area contributed by atoms with E-state index in [0.717, 1.165) is 19.3 Å². The SMILES string of the molecule is COC1CCC(OC)C(OC)C1. The molecule has 0 aliphatic heterocycles. The Hall–Kier alpha value is -0.120. The van der Waals surface area contributed by atoms with Gasteiger partial charge in [0.2, 0.25) is 0 Å². The summed E-state index contributed by atoms with van der Waals surface area (Å²) in [5.74, 6) is 0. The van der Waals surface area contributed by atoms with Gasteiger partial charge in [0, 0.05) is 27.8 Å². The van der Waals surface area contributed by atoms with Crippen LogP contribution in [0.15, 0.2) is 0 Å². The molecule has 3 atom stereocenters. The van der Waals surface area contributed by atoms with Crippen LogP contribution >= 0.6 is 0 Å². The van der Waals surface area contributed by atoms with Crippen LogP contribution in [0.2, 0.25) is 0 Å². The van der Waals surface area contributed by atoms with Crippen LogP contribution < -0.4 is 0 Å². The Balaban J connectivity index is 2.41. The van der Waals surface area contributed by atoms with E-state index < -0.39 is 0 Å². The summed E-state index contributed by atoms with van der Waals surface area (Å²) in [5.41, 5.74) is 0. The fourth-order valence-corrected chi connectivity index (χ4v) is 1.80. The van der Waals surface area contributed by atoms with Crippen LogP contribution in [0.3, 0.4) is 0 Å². The second-order valence-corrected chi connectivity index (χ2v) is 3.22. The molecule has 1 aliphatic carbocycles. The summed E-state index contributed by atoms with van der Waals surface area (Å²) in [6.45, 7) is 0. The van der Waals surface area contributed by atoms with Gasteiger partial charge in [0.15, 0.2) is 0 Å². The highest BCUT2D eigenvalue weighted by Gasteiger charge is 2.30. The van der Waals surface area contributed by atoms with Gasteiger partial charge in [-0.15, -0.1) is 0 Å². The van der Waals surface area contributed by atoms with Crippen molar-refractivity contribution in [2.24, 2.45) is 0 Å². The summed E-state index contributed by atoms with van der Waals surface area (Å²) < 4.78 is 15.9. The van der Waals surface area contributed by atoms with Gasteiger partial charge in [-0.2, -0.15) is 0 Å². The third-order valence-corrected chi connectivity index (χ3v) is 2.62. The summed E-state index contributed by atoms with van der Waals surface area (Å²) in [4.78, 5) is 0. The number of methoxy groups -OCH3 is 3. The molecule has 3 nitrogen and oxygen atoms in total. The van der Waals surface area contributed by atoms with E-state index in [-0.39, 0.29) is 12.2 Å². The Bertz CT molecular complexity index is 127. The smallest absolute Gasteiger partial charge is 0.0857 e. The molecule has 3 heteroatoms. The van der Waals surface area contributed by atoms with Gasteiger partial charge in [-0.3, -0.25) is 0 Å². The molecule has 0 aromatic heterocycles. The normalized spacial score (nSPS) is 36.8. The van der Waals surface area contributed by atoms with Crippen LogP contribution in [0.25, 0.3) is 0 Å². The third kappa shape index (κ3) is 2.19. The van der Waals surface area contributed by atoms with E-state index in [1.54, 1.807) is 21.3 Å². The molecule has 12 heavy (non-hydrogen) atoms. The first-order valence-corrected chi connectivity index (χ1v) is 4.40. The van der Waals surface area contributed by atoms with E-state index >= 15 is 0 Å². The molecule has 3 unspecified atom stereocenters. The van der Waals surface area contributed by atoms with Crippen molar-refractivity contribution in [2.45, 2.75) is 37.6 Å². The van der Waals surface area contributed by atoms with Gasteiger partial charge in [0.05, 0.1) is 18.3 Å². The van der Waals surface area contributed by atoms with Crippen molar-refractivity contribution in [3.05, 3.63) is 0 Å². The molecule has 72 valence electrons. The first kappa shape index (κ1) is 9.96. The Morgan fingerprint density at radius 3 is 2.00 bits per heavy atom. The number of hydrogen-bond acceptors (Lipinski definition) is 3. The Labute approximate surface area is 74.0 Å². The van der Waals surface area contributed by atoms with E-state index in [9.17, 15) is 0 Å². The van der Waals surface area contributed by atoms with E-state index in [0.29, 0.717) is 6.10 Å². The fourth-order valence-electron chi connectivity index (χ4n) is 1.80. The molecular weight excluding hydrogens is 156 g/mol. The van der Waals surface area contributed by atoms with Crippen LogP contribution in [0.1, 0.15) is 19.3 Å². The van der Waals surface area contributed by atoms with Gasteiger partial charge in [-0.05, 0) is 12.8 Å². The Kier molecular flexibility index (Phi) is 3.98.